The van der Waals surface area contributed by atoms with Crippen LogP contribution in [-0.4, -0.2) is 23.3 Å². The van der Waals surface area contributed by atoms with Gasteiger partial charge in [0.1, 0.15) is 5.15 Å². The molecule has 1 aromatic heterocycles. The zero-order valence-electron chi connectivity index (χ0n) is 14.0. The fourth-order valence-corrected chi connectivity index (χ4v) is 3.36. The largest absolute Gasteiger partial charge is 0.457 e. The van der Waals surface area contributed by atoms with Gasteiger partial charge in [0.2, 0.25) is 0 Å². The first-order valence-electron chi connectivity index (χ1n) is 7.41. The molecule has 1 unspecified atom stereocenters. The van der Waals surface area contributed by atoms with Crippen LogP contribution in [0.15, 0.2) is 28.9 Å². The summed E-state index contributed by atoms with van der Waals surface area (Å²) in [5, 5.41) is -0.822. The number of aromatic nitrogens is 1. The predicted octanol–water partition coefficient (Wildman–Crippen LogP) is 7.91. The highest BCUT2D eigenvalue weighted by molar-refractivity contribution is 9.10. The van der Waals surface area contributed by atoms with Gasteiger partial charge < -0.3 is 0 Å². The van der Waals surface area contributed by atoms with Crippen molar-refractivity contribution in [2.45, 2.75) is 30.1 Å². The van der Waals surface area contributed by atoms with E-state index in [1.54, 1.807) is 0 Å². The Morgan fingerprint density at radius 2 is 1.42 bits per heavy atom. The monoisotopic (exact) mass is 552 g/mol. The molecule has 0 aliphatic heterocycles. The normalized spacial score (nSPS) is 15.7. The summed E-state index contributed by atoms with van der Waals surface area (Å²) in [6.45, 7) is 0. The number of benzene rings is 1. The van der Waals surface area contributed by atoms with E-state index in [0.717, 1.165) is 18.3 Å². The van der Waals surface area contributed by atoms with E-state index in [-0.39, 0.29) is 0 Å². The molecule has 171 valence electrons. The Kier molecular flexibility index (Phi) is 6.36. The molecule has 1 nitrogen and oxygen atoms in total. The van der Waals surface area contributed by atoms with Crippen LogP contribution in [-0.2, 0) is 11.8 Å². The summed E-state index contributed by atoms with van der Waals surface area (Å²) in [4.78, 5) is 3.36. The summed E-state index contributed by atoms with van der Waals surface area (Å²) in [6.07, 6.45) is -18.8. The molecule has 1 radical (unpaired) electrons. The lowest BCUT2D eigenvalue weighted by molar-refractivity contribution is -0.389. The maximum absolute atomic E-state index is 15.1. The van der Waals surface area contributed by atoms with Gasteiger partial charge in [-0.3, -0.25) is 0 Å². The number of halogens is 14. The van der Waals surface area contributed by atoms with E-state index in [0.29, 0.717) is 0 Å². The number of hydrogen-bond donors (Lipinski definition) is 0. The van der Waals surface area contributed by atoms with Crippen LogP contribution < -0.4 is 0 Å². The lowest BCUT2D eigenvalue weighted by Gasteiger charge is -2.37. The minimum absolute atomic E-state index is 0.725. The molecule has 0 fully saturated rings. The minimum atomic E-state index is -7.20. The molecule has 1 atom stereocenters. The van der Waals surface area contributed by atoms with E-state index in [2.05, 4.69) is 20.9 Å². The SMILES string of the molecule is FC(F)(F)c1[c]c(Br)c(-c2cccnc2Cl)c(C(F)(C(F)(F)F)C(F)(F)C(F)(F)F)c1. The quantitative estimate of drug-likeness (QED) is 0.278. The van der Waals surface area contributed by atoms with E-state index in [1.807, 2.05) is 0 Å². The van der Waals surface area contributed by atoms with Crippen molar-refractivity contribution < 1.29 is 52.7 Å². The summed E-state index contributed by atoms with van der Waals surface area (Å²) in [7, 11) is 0. The molecule has 0 saturated heterocycles. The number of rotatable bonds is 3. The van der Waals surface area contributed by atoms with E-state index in [4.69, 9.17) is 11.6 Å². The smallest absolute Gasteiger partial charge is 0.244 e. The van der Waals surface area contributed by atoms with Gasteiger partial charge in [-0.25, -0.2) is 9.37 Å². The van der Waals surface area contributed by atoms with Crippen molar-refractivity contribution in [3.63, 3.8) is 0 Å². The summed E-state index contributed by atoms with van der Waals surface area (Å²) in [5.41, 5.74) is -13.9. The number of nitrogens with zero attached hydrogens (tertiary/aromatic N) is 1. The highest BCUT2D eigenvalue weighted by Crippen LogP contribution is 2.61. The van der Waals surface area contributed by atoms with E-state index in [1.165, 1.54) is 6.07 Å². The highest BCUT2D eigenvalue weighted by Gasteiger charge is 2.82. The third-order valence-electron chi connectivity index (χ3n) is 3.91. The first-order chi connectivity index (χ1) is 13.8. The van der Waals surface area contributed by atoms with Crippen LogP contribution in [0.5, 0.6) is 0 Å². The van der Waals surface area contributed by atoms with Crippen LogP contribution in [0.2, 0.25) is 5.15 Å². The van der Waals surface area contributed by atoms with Gasteiger partial charge in [-0.1, -0.05) is 11.6 Å². The summed E-state index contributed by atoms with van der Waals surface area (Å²) in [6, 6.07) is 2.26. The van der Waals surface area contributed by atoms with Crippen LogP contribution in [0.4, 0.5) is 52.7 Å². The molecule has 0 bridgehead atoms. The molecule has 15 heteroatoms. The molecular formula is C16H4BrClF12N. The number of pyridine rings is 1. The molecule has 2 rings (SSSR count). The summed E-state index contributed by atoms with van der Waals surface area (Å²) < 4.78 is 160. The van der Waals surface area contributed by atoms with Crippen LogP contribution in [0.25, 0.3) is 11.1 Å². The minimum Gasteiger partial charge on any atom is -0.244 e. The molecule has 0 saturated carbocycles. The Labute approximate surface area is 178 Å². The Morgan fingerprint density at radius 3 is 1.84 bits per heavy atom. The second-order valence-electron chi connectivity index (χ2n) is 5.85. The number of alkyl halides is 12. The molecule has 31 heavy (non-hydrogen) atoms. The topological polar surface area (TPSA) is 12.9 Å². The second-order valence-corrected chi connectivity index (χ2v) is 7.00. The Hall–Kier alpha value is -1.70. The van der Waals surface area contributed by atoms with Crippen molar-refractivity contribution in [2.75, 3.05) is 0 Å². The van der Waals surface area contributed by atoms with E-state index < -0.39 is 68.1 Å². The van der Waals surface area contributed by atoms with Crippen LogP contribution in [0.3, 0.4) is 0 Å². The maximum Gasteiger partial charge on any atom is 0.457 e. The zero-order valence-corrected chi connectivity index (χ0v) is 16.4. The van der Waals surface area contributed by atoms with Gasteiger partial charge in [0.25, 0.3) is 0 Å². The van der Waals surface area contributed by atoms with Gasteiger partial charge in [-0.2, -0.15) is 48.3 Å². The van der Waals surface area contributed by atoms with Crippen LogP contribution >= 0.6 is 27.5 Å². The van der Waals surface area contributed by atoms with E-state index >= 15 is 4.39 Å². The fourth-order valence-electron chi connectivity index (χ4n) is 2.51. The van der Waals surface area contributed by atoms with Crippen molar-refractivity contribution in [1.82, 2.24) is 4.98 Å². The molecule has 0 aliphatic rings. The standard InChI is InChI=1S/C16H4BrClF12N/c17-9-5-6(13(20,21)22)4-8(10(9)7-2-1-3-31-11(7)18)12(19,15(25,26)27)14(23,24)16(28,29)30/h1-4H. The summed E-state index contributed by atoms with van der Waals surface area (Å²) in [5.74, 6) is -7.20. The second kappa shape index (κ2) is 7.71. The molecule has 0 N–H and O–H groups in total. The third kappa shape index (κ3) is 4.20. The van der Waals surface area contributed by atoms with Crippen molar-refractivity contribution in [1.29, 1.82) is 0 Å². The van der Waals surface area contributed by atoms with Crippen LogP contribution in [0, 0.1) is 6.07 Å². The predicted molar refractivity (Wildman–Crippen MR) is 86.1 cm³/mol. The highest BCUT2D eigenvalue weighted by atomic mass is 79.9. The van der Waals surface area contributed by atoms with Gasteiger partial charge in [0.15, 0.2) is 0 Å². The molecule has 2 aromatic rings. The molecule has 0 spiro atoms. The molecule has 0 amide bonds. The Morgan fingerprint density at radius 1 is 0.871 bits per heavy atom. The first kappa shape index (κ1) is 25.6. The average Bonchev–Trinajstić information content (AvgIpc) is 2.58. The fraction of sp³-hybridized carbons (Fsp3) is 0.312. The van der Waals surface area contributed by atoms with Gasteiger partial charge in [0.05, 0.1) is 5.56 Å². The molecular weight excluding hydrogens is 550 g/mol. The number of hydrogen-bond acceptors (Lipinski definition) is 1. The van der Waals surface area contributed by atoms with Gasteiger partial charge >= 0.3 is 30.1 Å². The van der Waals surface area contributed by atoms with Crippen molar-refractivity contribution in [3.8, 4) is 11.1 Å². The van der Waals surface area contributed by atoms with Crippen LogP contribution in [0.1, 0.15) is 11.1 Å². The van der Waals surface area contributed by atoms with E-state index in [9.17, 15) is 48.3 Å². The first-order valence-corrected chi connectivity index (χ1v) is 8.58. The molecule has 0 aliphatic carbocycles. The third-order valence-corrected chi connectivity index (χ3v) is 4.80. The van der Waals surface area contributed by atoms with Crippen molar-refractivity contribution >= 4 is 27.5 Å². The lowest BCUT2D eigenvalue weighted by atomic mass is 9.82. The summed E-state index contributed by atoms with van der Waals surface area (Å²) >= 11 is 7.96. The Balaban J connectivity index is 3.14. The average molecular weight is 554 g/mol. The Bertz CT molecular complexity index is 982. The molecule has 1 aromatic carbocycles. The van der Waals surface area contributed by atoms with Crippen molar-refractivity contribution in [3.05, 3.63) is 51.2 Å². The van der Waals surface area contributed by atoms with Gasteiger partial charge in [-0.05, 0) is 34.1 Å². The maximum atomic E-state index is 15.1. The zero-order chi connectivity index (χ0) is 24.2. The van der Waals surface area contributed by atoms with Gasteiger partial charge in [-0.15, -0.1) is 0 Å². The van der Waals surface area contributed by atoms with Crippen molar-refractivity contribution in [2.24, 2.45) is 0 Å². The lowest BCUT2D eigenvalue weighted by Crippen LogP contribution is -2.60. The molecule has 1 heterocycles. The van der Waals surface area contributed by atoms with Gasteiger partial charge in [0, 0.05) is 33.4 Å².